The SMILES string of the molecule is Cc1cccc(N=C2NC(=O)/C(=C/c3ccc(Cl)cc3)S2)c1C. The van der Waals surface area contributed by atoms with E-state index in [1.807, 2.05) is 50.3 Å². The van der Waals surface area contributed by atoms with Gasteiger partial charge in [0.25, 0.3) is 5.91 Å². The average Bonchev–Trinajstić information content (AvgIpc) is 2.86. The molecule has 0 bridgehead atoms. The second kappa shape index (κ2) is 6.60. The number of hydrogen-bond donors (Lipinski definition) is 1. The van der Waals surface area contributed by atoms with Crippen LogP contribution in [0.2, 0.25) is 5.02 Å². The predicted molar refractivity (Wildman–Crippen MR) is 98.2 cm³/mol. The van der Waals surface area contributed by atoms with Gasteiger partial charge in [0.2, 0.25) is 0 Å². The number of benzene rings is 2. The number of nitrogens with one attached hydrogen (secondary N) is 1. The summed E-state index contributed by atoms with van der Waals surface area (Å²) in [5, 5.41) is 4.09. The van der Waals surface area contributed by atoms with Crippen LogP contribution in [-0.4, -0.2) is 11.1 Å². The van der Waals surface area contributed by atoms with Gasteiger partial charge in [0.15, 0.2) is 5.17 Å². The largest absolute Gasteiger partial charge is 0.300 e. The van der Waals surface area contributed by atoms with E-state index in [0.717, 1.165) is 16.8 Å². The van der Waals surface area contributed by atoms with Crippen LogP contribution >= 0.6 is 23.4 Å². The highest BCUT2D eigenvalue weighted by molar-refractivity contribution is 8.18. The van der Waals surface area contributed by atoms with Crippen molar-refractivity contribution < 1.29 is 4.79 Å². The lowest BCUT2D eigenvalue weighted by molar-refractivity contribution is -0.115. The van der Waals surface area contributed by atoms with Gasteiger partial charge in [-0.25, -0.2) is 4.99 Å². The minimum Gasteiger partial charge on any atom is -0.300 e. The summed E-state index contributed by atoms with van der Waals surface area (Å²) in [6, 6.07) is 13.3. The molecule has 1 fully saturated rings. The molecule has 3 rings (SSSR count). The van der Waals surface area contributed by atoms with Crippen molar-refractivity contribution in [2.75, 3.05) is 0 Å². The number of aliphatic imine (C=N–C) groups is 1. The fourth-order valence-corrected chi connectivity index (χ4v) is 3.12. The molecule has 0 spiro atoms. The number of carbonyl (C=O) groups excluding carboxylic acids is 1. The first kappa shape index (κ1) is 15.8. The molecule has 0 aromatic heterocycles. The Morgan fingerprint density at radius 3 is 2.61 bits per heavy atom. The number of aryl methyl sites for hydroxylation is 1. The molecular formula is C18H15ClN2OS. The number of halogens is 1. The fourth-order valence-electron chi connectivity index (χ4n) is 2.16. The standard InChI is InChI=1S/C18H15ClN2OS/c1-11-4-3-5-15(12(11)2)20-18-21-17(22)16(23-18)10-13-6-8-14(19)9-7-13/h3-10H,1-2H3,(H,20,21,22)/b16-10-. The molecule has 3 nitrogen and oxygen atoms in total. The van der Waals surface area contributed by atoms with E-state index >= 15 is 0 Å². The first-order valence-corrected chi connectivity index (χ1v) is 8.34. The van der Waals surface area contributed by atoms with E-state index in [2.05, 4.69) is 10.3 Å². The molecule has 0 radical (unpaired) electrons. The van der Waals surface area contributed by atoms with E-state index in [9.17, 15) is 4.79 Å². The third-order valence-electron chi connectivity index (χ3n) is 3.62. The van der Waals surface area contributed by atoms with Gasteiger partial charge in [0, 0.05) is 5.02 Å². The molecule has 1 heterocycles. The Kier molecular flexibility index (Phi) is 4.55. The minimum absolute atomic E-state index is 0.131. The number of amidine groups is 1. The van der Waals surface area contributed by atoms with Gasteiger partial charge < -0.3 is 5.32 Å². The van der Waals surface area contributed by atoms with Crippen molar-refractivity contribution in [1.29, 1.82) is 0 Å². The number of hydrogen-bond acceptors (Lipinski definition) is 3. The van der Waals surface area contributed by atoms with Crippen molar-refractivity contribution in [2.45, 2.75) is 13.8 Å². The minimum atomic E-state index is -0.131. The molecular weight excluding hydrogens is 328 g/mol. The van der Waals surface area contributed by atoms with Gasteiger partial charge in [0.1, 0.15) is 0 Å². The summed E-state index contributed by atoms with van der Waals surface area (Å²) in [6.45, 7) is 4.08. The zero-order chi connectivity index (χ0) is 16.4. The normalized spacial score (nSPS) is 17.8. The summed E-state index contributed by atoms with van der Waals surface area (Å²) >= 11 is 7.22. The maximum Gasteiger partial charge on any atom is 0.264 e. The van der Waals surface area contributed by atoms with E-state index in [1.54, 1.807) is 12.1 Å². The van der Waals surface area contributed by atoms with E-state index < -0.39 is 0 Å². The van der Waals surface area contributed by atoms with Gasteiger partial charge in [-0.1, -0.05) is 35.9 Å². The number of carbonyl (C=O) groups is 1. The quantitative estimate of drug-likeness (QED) is 0.793. The van der Waals surface area contributed by atoms with E-state index in [4.69, 9.17) is 11.6 Å². The Hall–Kier alpha value is -2.04. The molecule has 1 amide bonds. The number of thioether (sulfide) groups is 1. The van der Waals surface area contributed by atoms with Crippen LogP contribution in [0.4, 0.5) is 5.69 Å². The molecule has 1 N–H and O–H groups in total. The smallest absolute Gasteiger partial charge is 0.264 e. The van der Waals surface area contributed by atoms with Crippen LogP contribution in [0.15, 0.2) is 52.4 Å². The van der Waals surface area contributed by atoms with Crippen LogP contribution in [0.25, 0.3) is 6.08 Å². The highest BCUT2D eigenvalue weighted by Crippen LogP contribution is 2.29. The third-order valence-corrected chi connectivity index (χ3v) is 4.78. The second-order valence-corrected chi connectivity index (χ2v) is 6.72. The summed E-state index contributed by atoms with van der Waals surface area (Å²) in [7, 11) is 0. The Labute approximate surface area is 144 Å². The van der Waals surface area contributed by atoms with Gasteiger partial charge in [-0.3, -0.25) is 4.79 Å². The van der Waals surface area contributed by atoms with Crippen molar-refractivity contribution >= 4 is 46.2 Å². The molecule has 1 aliphatic rings. The van der Waals surface area contributed by atoms with Crippen LogP contribution < -0.4 is 5.32 Å². The van der Waals surface area contributed by atoms with Crippen molar-refractivity contribution in [2.24, 2.45) is 4.99 Å². The zero-order valence-electron chi connectivity index (χ0n) is 12.8. The summed E-state index contributed by atoms with van der Waals surface area (Å²) in [4.78, 5) is 17.3. The predicted octanol–water partition coefficient (Wildman–Crippen LogP) is 4.85. The first-order valence-electron chi connectivity index (χ1n) is 7.14. The Bertz CT molecular complexity index is 825. The van der Waals surface area contributed by atoms with Gasteiger partial charge in [-0.15, -0.1) is 0 Å². The number of rotatable bonds is 2. The Morgan fingerprint density at radius 1 is 1.13 bits per heavy atom. The molecule has 0 unspecified atom stereocenters. The topological polar surface area (TPSA) is 41.5 Å². The summed E-state index contributed by atoms with van der Waals surface area (Å²) in [5.74, 6) is -0.131. The fraction of sp³-hybridized carbons (Fsp3) is 0.111. The van der Waals surface area contributed by atoms with Gasteiger partial charge >= 0.3 is 0 Å². The van der Waals surface area contributed by atoms with Gasteiger partial charge in [-0.2, -0.15) is 0 Å². The molecule has 1 aliphatic heterocycles. The van der Waals surface area contributed by atoms with E-state index in [0.29, 0.717) is 15.1 Å². The monoisotopic (exact) mass is 342 g/mol. The molecule has 2 aromatic carbocycles. The Balaban J connectivity index is 1.86. The maximum absolute atomic E-state index is 12.1. The average molecular weight is 343 g/mol. The van der Waals surface area contributed by atoms with Crippen molar-refractivity contribution in [1.82, 2.24) is 5.32 Å². The second-order valence-electron chi connectivity index (χ2n) is 5.25. The van der Waals surface area contributed by atoms with Crippen LogP contribution in [0.3, 0.4) is 0 Å². The van der Waals surface area contributed by atoms with Gasteiger partial charge in [0.05, 0.1) is 10.6 Å². The van der Waals surface area contributed by atoms with Crippen LogP contribution in [-0.2, 0) is 4.79 Å². The molecule has 0 saturated carbocycles. The molecule has 1 saturated heterocycles. The lowest BCUT2D eigenvalue weighted by atomic mass is 10.1. The number of amides is 1. The zero-order valence-corrected chi connectivity index (χ0v) is 14.3. The molecule has 23 heavy (non-hydrogen) atoms. The highest BCUT2D eigenvalue weighted by Gasteiger charge is 2.23. The van der Waals surface area contributed by atoms with Crippen molar-refractivity contribution in [3.05, 3.63) is 69.1 Å². The van der Waals surface area contributed by atoms with Crippen molar-refractivity contribution in [3.8, 4) is 0 Å². The van der Waals surface area contributed by atoms with Crippen LogP contribution in [0.1, 0.15) is 16.7 Å². The van der Waals surface area contributed by atoms with Crippen LogP contribution in [0.5, 0.6) is 0 Å². The lowest BCUT2D eigenvalue weighted by Crippen LogP contribution is -2.19. The molecule has 116 valence electrons. The van der Waals surface area contributed by atoms with E-state index in [1.165, 1.54) is 17.3 Å². The highest BCUT2D eigenvalue weighted by atomic mass is 35.5. The molecule has 2 aromatic rings. The summed E-state index contributed by atoms with van der Waals surface area (Å²) in [5.41, 5.74) is 4.10. The van der Waals surface area contributed by atoms with Crippen LogP contribution in [0, 0.1) is 13.8 Å². The molecule has 5 heteroatoms. The lowest BCUT2D eigenvalue weighted by Gasteiger charge is -2.04. The van der Waals surface area contributed by atoms with Crippen molar-refractivity contribution in [3.63, 3.8) is 0 Å². The summed E-state index contributed by atoms with van der Waals surface area (Å²) < 4.78 is 0. The van der Waals surface area contributed by atoms with Gasteiger partial charge in [-0.05, 0) is 66.6 Å². The molecule has 0 aliphatic carbocycles. The number of nitrogens with zero attached hydrogens (tertiary/aromatic N) is 1. The van der Waals surface area contributed by atoms with E-state index in [-0.39, 0.29) is 5.91 Å². The first-order chi connectivity index (χ1) is 11.0. The summed E-state index contributed by atoms with van der Waals surface area (Å²) in [6.07, 6.45) is 1.84. The Morgan fingerprint density at radius 2 is 1.87 bits per heavy atom. The third kappa shape index (κ3) is 3.66. The maximum atomic E-state index is 12.1. The molecule has 0 atom stereocenters.